The first-order valence-corrected chi connectivity index (χ1v) is 9.41. The number of halogens is 3. The van der Waals surface area contributed by atoms with Crippen molar-refractivity contribution in [2.45, 2.75) is 38.7 Å². The van der Waals surface area contributed by atoms with Gasteiger partial charge in [-0.05, 0) is 30.2 Å². The first-order valence-electron chi connectivity index (χ1n) is 9.41. The van der Waals surface area contributed by atoms with Crippen molar-refractivity contribution in [1.29, 1.82) is 0 Å². The summed E-state index contributed by atoms with van der Waals surface area (Å²) in [6, 6.07) is 12.7. The monoisotopic (exact) mass is 417 g/mol. The molecule has 158 valence electrons. The number of nitrogens with one attached hydrogen (secondary N) is 2. The number of carbonyl (C=O) groups is 1. The van der Waals surface area contributed by atoms with Gasteiger partial charge in [0.15, 0.2) is 0 Å². The lowest BCUT2D eigenvalue weighted by atomic mass is 10.1. The van der Waals surface area contributed by atoms with Crippen LogP contribution in [0.2, 0.25) is 0 Å². The lowest BCUT2D eigenvalue weighted by Gasteiger charge is -2.16. The van der Waals surface area contributed by atoms with Gasteiger partial charge < -0.3 is 10.6 Å². The van der Waals surface area contributed by atoms with Gasteiger partial charge in [0, 0.05) is 19.0 Å². The molecule has 1 heterocycles. The molecule has 2 N–H and O–H groups in total. The van der Waals surface area contributed by atoms with Gasteiger partial charge in [-0.1, -0.05) is 36.4 Å². The van der Waals surface area contributed by atoms with Crippen molar-refractivity contribution >= 4 is 11.6 Å². The molecule has 0 bridgehead atoms. The molecule has 0 fully saturated rings. The molecule has 1 atom stereocenters. The molecule has 0 radical (unpaired) electrons. The maximum atomic E-state index is 13.0. The minimum atomic E-state index is -4.52. The van der Waals surface area contributed by atoms with E-state index >= 15 is 0 Å². The number of hydrogen-bond acceptors (Lipinski definition) is 4. The predicted octanol–water partition coefficient (Wildman–Crippen LogP) is 3.85. The third-order valence-corrected chi connectivity index (χ3v) is 4.49. The molecule has 0 saturated carbocycles. The summed E-state index contributed by atoms with van der Waals surface area (Å²) in [5.74, 6) is -0.477. The Hall–Kier alpha value is -3.20. The maximum Gasteiger partial charge on any atom is 0.418 e. The Bertz CT molecular complexity index is 956. The maximum absolute atomic E-state index is 13.0. The Balaban J connectivity index is 1.48. The highest BCUT2D eigenvalue weighted by Gasteiger charge is 2.33. The third-order valence-electron chi connectivity index (χ3n) is 4.49. The zero-order valence-electron chi connectivity index (χ0n) is 16.4. The fourth-order valence-electron chi connectivity index (χ4n) is 2.95. The average Bonchev–Trinajstić information content (AvgIpc) is 3.20. The van der Waals surface area contributed by atoms with Crippen molar-refractivity contribution in [3.63, 3.8) is 0 Å². The van der Waals surface area contributed by atoms with Crippen LogP contribution in [0.15, 0.2) is 61.2 Å². The van der Waals surface area contributed by atoms with Crippen LogP contribution in [0.1, 0.15) is 30.0 Å². The van der Waals surface area contributed by atoms with E-state index in [1.165, 1.54) is 24.5 Å². The molecule has 3 aromatic rings. The lowest BCUT2D eigenvalue weighted by Crippen LogP contribution is -2.30. The second-order valence-electron chi connectivity index (χ2n) is 6.99. The van der Waals surface area contributed by atoms with Crippen LogP contribution >= 0.6 is 0 Å². The van der Waals surface area contributed by atoms with Gasteiger partial charge in [0.1, 0.15) is 12.7 Å². The van der Waals surface area contributed by atoms with E-state index in [0.29, 0.717) is 13.1 Å². The summed E-state index contributed by atoms with van der Waals surface area (Å²) in [7, 11) is 0. The summed E-state index contributed by atoms with van der Waals surface area (Å²) in [5.41, 5.74) is 1.03. The number of carbonyl (C=O) groups excluding carboxylic acids is 1. The number of alkyl halides is 3. The summed E-state index contributed by atoms with van der Waals surface area (Å²) in [6.45, 7) is 2.98. The van der Waals surface area contributed by atoms with E-state index in [1.54, 1.807) is 11.0 Å². The zero-order valence-corrected chi connectivity index (χ0v) is 16.4. The molecule has 6 nitrogen and oxygen atoms in total. The molecule has 0 aliphatic rings. The fraction of sp³-hybridized carbons (Fsp3) is 0.286. The van der Waals surface area contributed by atoms with Crippen molar-refractivity contribution in [3.05, 3.63) is 77.9 Å². The topological polar surface area (TPSA) is 71.8 Å². The number of benzene rings is 2. The van der Waals surface area contributed by atoms with Gasteiger partial charge in [-0.25, -0.2) is 9.67 Å². The third kappa shape index (κ3) is 6.15. The lowest BCUT2D eigenvalue weighted by molar-refractivity contribution is -0.137. The van der Waals surface area contributed by atoms with Gasteiger partial charge in [0.05, 0.1) is 17.8 Å². The number of para-hydroxylation sites is 1. The molecule has 1 aromatic heterocycles. The normalized spacial score (nSPS) is 12.5. The Morgan fingerprint density at radius 1 is 1.10 bits per heavy atom. The van der Waals surface area contributed by atoms with Crippen molar-refractivity contribution < 1.29 is 18.0 Å². The Kier molecular flexibility index (Phi) is 6.83. The van der Waals surface area contributed by atoms with Gasteiger partial charge in [-0.15, -0.1) is 0 Å². The number of nitrogens with zero attached hydrogens (tertiary/aromatic N) is 3. The van der Waals surface area contributed by atoms with Crippen LogP contribution in [0.3, 0.4) is 0 Å². The smallest absolute Gasteiger partial charge is 0.325 e. The number of anilines is 1. The van der Waals surface area contributed by atoms with E-state index < -0.39 is 17.6 Å². The zero-order chi connectivity index (χ0) is 21.6. The van der Waals surface area contributed by atoms with E-state index in [1.807, 2.05) is 31.2 Å². The highest BCUT2D eigenvalue weighted by atomic mass is 19.4. The quantitative estimate of drug-likeness (QED) is 0.584. The molecule has 3 rings (SSSR count). The molecule has 0 aliphatic carbocycles. The van der Waals surface area contributed by atoms with Crippen molar-refractivity contribution in [3.8, 4) is 0 Å². The minimum Gasteiger partial charge on any atom is -0.325 e. The van der Waals surface area contributed by atoms with Crippen molar-refractivity contribution in [2.75, 3.05) is 5.32 Å². The van der Waals surface area contributed by atoms with Crippen molar-refractivity contribution in [2.24, 2.45) is 0 Å². The highest BCUT2D eigenvalue weighted by Crippen LogP contribution is 2.34. The van der Waals surface area contributed by atoms with Crippen molar-refractivity contribution in [1.82, 2.24) is 20.1 Å². The second kappa shape index (κ2) is 9.53. The summed E-state index contributed by atoms with van der Waals surface area (Å²) >= 11 is 0. The van der Waals surface area contributed by atoms with Crippen LogP contribution in [-0.2, 0) is 24.1 Å². The standard InChI is InChI=1S/C21H22F3N5O/c1-15(10-20(30)28-19-5-3-2-4-18(19)21(22,23)24)26-11-16-6-8-17(9-7-16)12-29-14-25-13-27-29/h2-9,13-15,26H,10-12H2,1H3,(H,28,30). The molecule has 1 unspecified atom stereocenters. The summed E-state index contributed by atoms with van der Waals surface area (Å²) in [5, 5.41) is 9.64. The van der Waals surface area contributed by atoms with Gasteiger partial charge in [-0.3, -0.25) is 4.79 Å². The first-order chi connectivity index (χ1) is 14.3. The first kappa shape index (κ1) is 21.5. The van der Waals surface area contributed by atoms with E-state index in [-0.39, 0.29) is 18.2 Å². The van der Waals surface area contributed by atoms with Crippen LogP contribution in [0, 0.1) is 0 Å². The van der Waals surface area contributed by atoms with Crippen LogP contribution < -0.4 is 10.6 Å². The summed E-state index contributed by atoms with van der Waals surface area (Å²) in [4.78, 5) is 16.1. The van der Waals surface area contributed by atoms with E-state index in [2.05, 4.69) is 20.7 Å². The van der Waals surface area contributed by atoms with Crippen LogP contribution in [-0.4, -0.2) is 26.7 Å². The molecule has 30 heavy (non-hydrogen) atoms. The molecular weight excluding hydrogens is 395 g/mol. The van der Waals surface area contributed by atoms with Crippen LogP contribution in [0.25, 0.3) is 0 Å². The van der Waals surface area contributed by atoms with Gasteiger partial charge in [0.2, 0.25) is 5.91 Å². The SMILES string of the molecule is CC(CC(=O)Nc1ccccc1C(F)(F)F)NCc1ccc(Cn2cncn2)cc1. The Morgan fingerprint density at radius 2 is 1.80 bits per heavy atom. The summed E-state index contributed by atoms with van der Waals surface area (Å²) in [6.07, 6.45) is -1.34. The molecule has 0 aliphatic heterocycles. The largest absolute Gasteiger partial charge is 0.418 e. The second-order valence-corrected chi connectivity index (χ2v) is 6.99. The van der Waals surface area contributed by atoms with Gasteiger partial charge >= 0.3 is 6.18 Å². The van der Waals surface area contributed by atoms with Crippen LogP contribution in [0.5, 0.6) is 0 Å². The molecule has 9 heteroatoms. The Labute approximate surface area is 172 Å². The molecule has 0 saturated heterocycles. The Morgan fingerprint density at radius 3 is 2.47 bits per heavy atom. The molecular formula is C21H22F3N5O. The van der Waals surface area contributed by atoms with Crippen LogP contribution in [0.4, 0.5) is 18.9 Å². The molecule has 2 aromatic carbocycles. The average molecular weight is 417 g/mol. The number of rotatable bonds is 8. The predicted molar refractivity (Wildman–Crippen MR) is 107 cm³/mol. The highest BCUT2D eigenvalue weighted by molar-refractivity contribution is 5.92. The van der Waals surface area contributed by atoms with Gasteiger partial charge in [-0.2, -0.15) is 18.3 Å². The minimum absolute atomic E-state index is 0.0522. The molecule has 0 spiro atoms. The van der Waals surface area contributed by atoms with E-state index in [4.69, 9.17) is 0 Å². The summed E-state index contributed by atoms with van der Waals surface area (Å²) < 4.78 is 40.8. The van der Waals surface area contributed by atoms with Gasteiger partial charge in [0.25, 0.3) is 0 Å². The number of aromatic nitrogens is 3. The number of amides is 1. The van der Waals surface area contributed by atoms with E-state index in [9.17, 15) is 18.0 Å². The fourth-order valence-corrected chi connectivity index (χ4v) is 2.95. The number of hydrogen-bond donors (Lipinski definition) is 2. The molecule has 1 amide bonds. The van der Waals surface area contributed by atoms with E-state index in [0.717, 1.165) is 17.2 Å².